The van der Waals surface area contributed by atoms with Crippen molar-refractivity contribution in [3.05, 3.63) is 41.4 Å². The van der Waals surface area contributed by atoms with E-state index < -0.39 is 0 Å². The Morgan fingerprint density at radius 2 is 2.04 bits per heavy atom. The van der Waals surface area contributed by atoms with E-state index in [-0.39, 0.29) is 12.5 Å². The number of fused-ring (bicyclic) bond motifs is 1. The number of hydrogen-bond donors (Lipinski definition) is 1. The van der Waals surface area contributed by atoms with Crippen molar-refractivity contribution >= 4 is 34.2 Å². The Morgan fingerprint density at radius 1 is 1.20 bits per heavy atom. The molecule has 3 rings (SSSR count). The largest absolute Gasteiger partial charge is 0.497 e. The maximum absolute atomic E-state index is 12.1. The van der Waals surface area contributed by atoms with Gasteiger partial charge in [0.2, 0.25) is 0 Å². The molecule has 3 aromatic rings. The molecule has 0 radical (unpaired) electrons. The van der Waals surface area contributed by atoms with E-state index >= 15 is 0 Å². The van der Waals surface area contributed by atoms with Crippen LogP contribution in [0.15, 0.2) is 36.4 Å². The second-order valence-electron chi connectivity index (χ2n) is 4.98. The van der Waals surface area contributed by atoms with Gasteiger partial charge in [-0.25, -0.2) is 0 Å². The average molecular weight is 363 g/mol. The third-order valence-corrected chi connectivity index (χ3v) is 3.61. The molecule has 1 aromatic heterocycles. The normalized spacial score (nSPS) is 10.5. The first-order valence-electron chi connectivity index (χ1n) is 7.27. The molecule has 130 valence electrons. The molecule has 0 fully saturated rings. The maximum atomic E-state index is 12.1. The molecule has 0 bridgehead atoms. The SMILES string of the molecule is COc1ccc(NC(=O)COn2nnc3ccc(Cl)cc32)c(OC)c1. The number of ether oxygens (including phenoxy) is 2. The van der Waals surface area contributed by atoms with E-state index in [1.807, 2.05) is 0 Å². The number of benzene rings is 2. The Balaban J connectivity index is 1.67. The lowest BCUT2D eigenvalue weighted by Crippen LogP contribution is -2.26. The first-order valence-corrected chi connectivity index (χ1v) is 7.64. The molecule has 0 atom stereocenters. The van der Waals surface area contributed by atoms with Gasteiger partial charge in [-0.15, -0.1) is 5.10 Å². The molecule has 0 aliphatic heterocycles. The fourth-order valence-electron chi connectivity index (χ4n) is 2.17. The molecule has 0 saturated carbocycles. The van der Waals surface area contributed by atoms with Gasteiger partial charge in [0, 0.05) is 11.1 Å². The number of nitrogens with zero attached hydrogens (tertiary/aromatic N) is 3. The molecule has 1 heterocycles. The van der Waals surface area contributed by atoms with Crippen molar-refractivity contribution in [3.8, 4) is 11.5 Å². The van der Waals surface area contributed by atoms with Gasteiger partial charge in [0.05, 0.1) is 19.9 Å². The summed E-state index contributed by atoms with van der Waals surface area (Å²) in [6.07, 6.45) is 0. The topological polar surface area (TPSA) is 87.5 Å². The first kappa shape index (κ1) is 16.8. The quantitative estimate of drug-likeness (QED) is 0.723. The van der Waals surface area contributed by atoms with Crippen molar-refractivity contribution < 1.29 is 19.1 Å². The van der Waals surface area contributed by atoms with Gasteiger partial charge in [-0.05, 0) is 35.5 Å². The number of rotatable bonds is 6. The van der Waals surface area contributed by atoms with Crippen LogP contribution >= 0.6 is 11.6 Å². The van der Waals surface area contributed by atoms with Crippen LogP contribution in [0, 0.1) is 0 Å². The summed E-state index contributed by atoms with van der Waals surface area (Å²) in [6.45, 7) is -0.264. The molecule has 8 nitrogen and oxygen atoms in total. The Hall–Kier alpha value is -3.00. The molecule has 9 heteroatoms. The van der Waals surface area contributed by atoms with Crippen molar-refractivity contribution in [1.82, 2.24) is 15.2 Å². The van der Waals surface area contributed by atoms with Crippen molar-refractivity contribution in [2.24, 2.45) is 0 Å². The second kappa shape index (κ2) is 7.27. The predicted octanol–water partition coefficient (Wildman–Crippen LogP) is 2.17. The van der Waals surface area contributed by atoms with Gasteiger partial charge in [0.15, 0.2) is 6.61 Å². The van der Waals surface area contributed by atoms with Crippen LogP contribution in [-0.4, -0.2) is 41.9 Å². The molecule has 1 amide bonds. The van der Waals surface area contributed by atoms with Crippen LogP contribution in [0.1, 0.15) is 0 Å². The third-order valence-electron chi connectivity index (χ3n) is 3.38. The number of amides is 1. The number of carbonyl (C=O) groups is 1. The van der Waals surface area contributed by atoms with Crippen LogP contribution in [-0.2, 0) is 4.79 Å². The lowest BCUT2D eigenvalue weighted by molar-refractivity contribution is -0.121. The van der Waals surface area contributed by atoms with Gasteiger partial charge in [0.1, 0.15) is 22.5 Å². The van der Waals surface area contributed by atoms with Crippen LogP contribution in [0.25, 0.3) is 11.0 Å². The zero-order chi connectivity index (χ0) is 17.8. The minimum Gasteiger partial charge on any atom is -0.497 e. The van der Waals surface area contributed by atoms with E-state index in [0.717, 1.165) is 4.85 Å². The first-order chi connectivity index (χ1) is 12.1. The Morgan fingerprint density at radius 3 is 2.80 bits per heavy atom. The molecular formula is C16H15ClN4O4. The molecule has 0 aliphatic carbocycles. The zero-order valence-corrected chi connectivity index (χ0v) is 14.3. The van der Waals surface area contributed by atoms with Crippen molar-refractivity contribution in [1.29, 1.82) is 0 Å². The molecule has 1 N–H and O–H groups in total. The van der Waals surface area contributed by atoms with Crippen molar-refractivity contribution in [2.75, 3.05) is 26.1 Å². The Bertz CT molecular complexity index is 912. The molecular weight excluding hydrogens is 348 g/mol. The minimum absolute atomic E-state index is 0.264. The van der Waals surface area contributed by atoms with Crippen LogP contribution in [0.4, 0.5) is 5.69 Å². The molecule has 0 spiro atoms. The third kappa shape index (κ3) is 3.74. The Kier molecular flexibility index (Phi) is 4.90. The van der Waals surface area contributed by atoms with E-state index in [2.05, 4.69) is 15.6 Å². The predicted molar refractivity (Wildman–Crippen MR) is 92.2 cm³/mol. The summed E-state index contributed by atoms with van der Waals surface area (Å²) in [5.74, 6) is 0.719. The smallest absolute Gasteiger partial charge is 0.265 e. The summed E-state index contributed by atoms with van der Waals surface area (Å²) < 4.78 is 10.3. The lowest BCUT2D eigenvalue weighted by Gasteiger charge is -2.12. The number of hydrogen-bond acceptors (Lipinski definition) is 6. The van der Waals surface area contributed by atoms with E-state index in [4.69, 9.17) is 25.9 Å². The number of anilines is 1. The van der Waals surface area contributed by atoms with Crippen LogP contribution in [0.2, 0.25) is 5.02 Å². The van der Waals surface area contributed by atoms with Gasteiger partial charge in [-0.2, -0.15) is 0 Å². The molecule has 0 unspecified atom stereocenters. The fourth-order valence-corrected chi connectivity index (χ4v) is 2.34. The summed E-state index contributed by atoms with van der Waals surface area (Å²) in [5.41, 5.74) is 1.69. The van der Waals surface area contributed by atoms with Gasteiger partial charge in [0.25, 0.3) is 5.91 Å². The summed E-state index contributed by atoms with van der Waals surface area (Å²) in [5, 5.41) is 11.0. The lowest BCUT2D eigenvalue weighted by atomic mass is 10.2. The van der Waals surface area contributed by atoms with Crippen LogP contribution < -0.4 is 19.6 Å². The van der Waals surface area contributed by atoms with Crippen molar-refractivity contribution in [3.63, 3.8) is 0 Å². The van der Waals surface area contributed by atoms with E-state index in [1.54, 1.807) is 43.5 Å². The average Bonchev–Trinajstić information content (AvgIpc) is 3.02. The highest BCUT2D eigenvalue weighted by Gasteiger charge is 2.11. The van der Waals surface area contributed by atoms with E-state index in [0.29, 0.717) is 33.2 Å². The van der Waals surface area contributed by atoms with Gasteiger partial charge >= 0.3 is 0 Å². The monoisotopic (exact) mass is 362 g/mol. The van der Waals surface area contributed by atoms with Crippen molar-refractivity contribution in [2.45, 2.75) is 0 Å². The van der Waals surface area contributed by atoms with E-state index in [9.17, 15) is 4.79 Å². The second-order valence-corrected chi connectivity index (χ2v) is 5.42. The summed E-state index contributed by atoms with van der Waals surface area (Å²) >= 11 is 5.95. The van der Waals surface area contributed by atoms with Crippen LogP contribution in [0.5, 0.6) is 11.5 Å². The number of aromatic nitrogens is 3. The van der Waals surface area contributed by atoms with Gasteiger partial charge in [-0.3, -0.25) is 4.79 Å². The molecule has 0 saturated heterocycles. The number of methoxy groups -OCH3 is 2. The molecule has 25 heavy (non-hydrogen) atoms. The maximum Gasteiger partial charge on any atom is 0.265 e. The van der Waals surface area contributed by atoms with Crippen LogP contribution in [0.3, 0.4) is 0 Å². The highest BCUT2D eigenvalue weighted by molar-refractivity contribution is 6.31. The highest BCUT2D eigenvalue weighted by atomic mass is 35.5. The molecule has 0 aliphatic rings. The van der Waals surface area contributed by atoms with Gasteiger partial charge in [-0.1, -0.05) is 16.4 Å². The number of carbonyl (C=O) groups excluding carboxylic acids is 1. The fraction of sp³-hybridized carbons (Fsp3) is 0.188. The zero-order valence-electron chi connectivity index (χ0n) is 13.5. The standard InChI is InChI=1S/C16H15ClN4O4/c1-23-11-4-6-13(15(8-11)24-2)18-16(22)9-25-21-14-7-10(17)3-5-12(14)19-20-21/h3-8H,9H2,1-2H3,(H,18,22). The molecule has 2 aromatic carbocycles. The minimum atomic E-state index is -0.380. The Labute approximate surface area is 148 Å². The van der Waals surface area contributed by atoms with Gasteiger partial charge < -0.3 is 19.6 Å². The summed E-state index contributed by atoms with van der Waals surface area (Å²) in [7, 11) is 3.06. The number of nitrogens with one attached hydrogen (secondary N) is 1. The number of halogens is 1. The summed E-state index contributed by atoms with van der Waals surface area (Å²) in [4.78, 5) is 18.7. The van der Waals surface area contributed by atoms with E-state index in [1.165, 1.54) is 7.11 Å². The summed E-state index contributed by atoms with van der Waals surface area (Å²) in [6, 6.07) is 10.1. The highest BCUT2D eigenvalue weighted by Crippen LogP contribution is 2.28.